The molecule has 3 aromatic rings. The first-order valence-corrected chi connectivity index (χ1v) is 9.75. The molecule has 0 aliphatic carbocycles. The van der Waals surface area contributed by atoms with Gasteiger partial charge in [-0.05, 0) is 35.0 Å². The minimum Gasteiger partial charge on any atom is -0.450 e. The van der Waals surface area contributed by atoms with E-state index in [0.29, 0.717) is 25.9 Å². The molecular formula is C19H16BrN3O3S. The summed E-state index contributed by atoms with van der Waals surface area (Å²) in [6.45, 7) is 1.98. The molecule has 8 heteroatoms. The Morgan fingerprint density at radius 1 is 1.07 bits per heavy atom. The third-order valence-electron chi connectivity index (χ3n) is 3.50. The van der Waals surface area contributed by atoms with E-state index in [1.165, 1.54) is 11.3 Å². The second kappa shape index (κ2) is 8.79. The van der Waals surface area contributed by atoms with Gasteiger partial charge in [0.05, 0.1) is 12.2 Å². The summed E-state index contributed by atoms with van der Waals surface area (Å²) >= 11 is 4.55. The summed E-state index contributed by atoms with van der Waals surface area (Å²) in [6.07, 6.45) is -0.588. The van der Waals surface area contributed by atoms with E-state index in [2.05, 4.69) is 31.5 Å². The van der Waals surface area contributed by atoms with E-state index < -0.39 is 6.09 Å². The molecule has 0 bridgehead atoms. The molecule has 0 unspecified atom stereocenters. The Balaban J connectivity index is 1.92. The number of benzene rings is 2. The predicted octanol–water partition coefficient (Wildman–Crippen LogP) is 5.39. The lowest BCUT2D eigenvalue weighted by atomic mass is 10.1. The van der Waals surface area contributed by atoms with Crippen LogP contribution in [0.4, 0.5) is 14.9 Å². The zero-order chi connectivity index (χ0) is 19.2. The summed E-state index contributed by atoms with van der Waals surface area (Å²) in [6, 6.07) is 16.6. The predicted molar refractivity (Wildman–Crippen MR) is 110 cm³/mol. The topological polar surface area (TPSA) is 80.3 Å². The van der Waals surface area contributed by atoms with Crippen LogP contribution in [0.15, 0.2) is 59.1 Å². The lowest BCUT2D eigenvalue weighted by molar-refractivity contribution is 0.102. The number of rotatable bonds is 5. The fourth-order valence-corrected chi connectivity index (χ4v) is 3.65. The normalized spacial score (nSPS) is 10.3. The number of hydrogen-bond acceptors (Lipinski definition) is 5. The van der Waals surface area contributed by atoms with Gasteiger partial charge in [-0.3, -0.25) is 10.1 Å². The van der Waals surface area contributed by atoms with Gasteiger partial charge in [-0.15, -0.1) is 0 Å². The molecule has 1 heterocycles. The number of nitrogens with zero attached hydrogens (tertiary/aromatic N) is 1. The van der Waals surface area contributed by atoms with Crippen molar-refractivity contribution in [2.24, 2.45) is 0 Å². The van der Waals surface area contributed by atoms with Crippen LogP contribution in [0.2, 0.25) is 0 Å². The first-order valence-electron chi connectivity index (χ1n) is 8.14. The van der Waals surface area contributed by atoms with Crippen LogP contribution in [-0.2, 0) is 4.74 Å². The van der Waals surface area contributed by atoms with Gasteiger partial charge in [-0.1, -0.05) is 53.8 Å². The van der Waals surface area contributed by atoms with Crippen LogP contribution in [0.1, 0.15) is 17.3 Å². The molecule has 3 rings (SSSR count). The fraction of sp³-hybridized carbons (Fsp3) is 0.105. The molecule has 0 atom stereocenters. The SMILES string of the molecule is CCOC(=O)Nc1nc(-c2ccccc2)c(NC(=O)c2ccccc2Br)s1. The second-order valence-corrected chi connectivity index (χ2v) is 7.20. The summed E-state index contributed by atoms with van der Waals surface area (Å²) in [5.41, 5.74) is 1.91. The molecule has 0 saturated heterocycles. The van der Waals surface area contributed by atoms with E-state index in [1.807, 2.05) is 36.4 Å². The lowest BCUT2D eigenvalue weighted by Gasteiger charge is -2.06. The van der Waals surface area contributed by atoms with Crippen LogP contribution in [0.5, 0.6) is 0 Å². The molecule has 6 nitrogen and oxygen atoms in total. The number of halogens is 1. The molecular weight excluding hydrogens is 430 g/mol. The zero-order valence-electron chi connectivity index (χ0n) is 14.4. The van der Waals surface area contributed by atoms with Crippen molar-refractivity contribution < 1.29 is 14.3 Å². The third-order valence-corrected chi connectivity index (χ3v) is 5.08. The quantitative estimate of drug-likeness (QED) is 0.551. The van der Waals surface area contributed by atoms with E-state index in [-0.39, 0.29) is 12.5 Å². The van der Waals surface area contributed by atoms with Crippen LogP contribution in [0.3, 0.4) is 0 Å². The van der Waals surface area contributed by atoms with E-state index >= 15 is 0 Å². The average molecular weight is 446 g/mol. The van der Waals surface area contributed by atoms with Crippen molar-refractivity contribution in [3.63, 3.8) is 0 Å². The van der Waals surface area contributed by atoms with Crippen LogP contribution >= 0.6 is 27.3 Å². The maximum absolute atomic E-state index is 12.7. The van der Waals surface area contributed by atoms with E-state index in [1.54, 1.807) is 25.1 Å². The van der Waals surface area contributed by atoms with Gasteiger partial charge >= 0.3 is 6.09 Å². The molecule has 0 radical (unpaired) electrons. The number of thiazole rings is 1. The summed E-state index contributed by atoms with van der Waals surface area (Å²) in [7, 11) is 0. The number of carbonyl (C=O) groups excluding carboxylic acids is 2. The number of carbonyl (C=O) groups is 2. The van der Waals surface area contributed by atoms with Gasteiger partial charge in [0.25, 0.3) is 5.91 Å². The number of amides is 2. The number of hydrogen-bond donors (Lipinski definition) is 2. The fourth-order valence-electron chi connectivity index (χ4n) is 2.32. The molecule has 0 saturated carbocycles. The molecule has 0 aliphatic heterocycles. The monoisotopic (exact) mass is 445 g/mol. The summed E-state index contributed by atoms with van der Waals surface area (Å²) in [5.74, 6) is -0.272. The Labute approximate surface area is 168 Å². The summed E-state index contributed by atoms with van der Waals surface area (Å²) < 4.78 is 5.58. The number of aromatic nitrogens is 1. The van der Waals surface area contributed by atoms with Gasteiger partial charge in [0.15, 0.2) is 5.13 Å². The Morgan fingerprint density at radius 3 is 2.48 bits per heavy atom. The third kappa shape index (κ3) is 4.72. The van der Waals surface area contributed by atoms with Gasteiger partial charge < -0.3 is 10.1 Å². The maximum Gasteiger partial charge on any atom is 0.413 e. The highest BCUT2D eigenvalue weighted by Gasteiger charge is 2.18. The van der Waals surface area contributed by atoms with Crippen molar-refractivity contribution in [3.05, 3.63) is 64.6 Å². The molecule has 138 valence electrons. The highest BCUT2D eigenvalue weighted by Crippen LogP contribution is 2.36. The summed E-state index contributed by atoms with van der Waals surface area (Å²) in [5, 5.41) is 6.35. The van der Waals surface area contributed by atoms with E-state index in [0.717, 1.165) is 5.56 Å². The molecule has 2 N–H and O–H groups in total. The van der Waals surface area contributed by atoms with Gasteiger partial charge in [0, 0.05) is 10.0 Å². The standard InChI is InChI=1S/C19H16BrN3O3S/c1-2-26-19(25)23-18-21-15(12-8-4-3-5-9-12)17(27-18)22-16(24)13-10-6-7-11-14(13)20/h3-11H,2H2,1H3,(H,22,24)(H,21,23,25). The highest BCUT2D eigenvalue weighted by atomic mass is 79.9. The van der Waals surface area contributed by atoms with Crippen molar-refractivity contribution in [2.75, 3.05) is 17.2 Å². The van der Waals surface area contributed by atoms with Crippen molar-refractivity contribution in [1.29, 1.82) is 0 Å². The van der Waals surface area contributed by atoms with Crippen LogP contribution in [-0.4, -0.2) is 23.6 Å². The van der Waals surface area contributed by atoms with Crippen molar-refractivity contribution in [2.45, 2.75) is 6.92 Å². The second-order valence-electron chi connectivity index (χ2n) is 5.34. The zero-order valence-corrected chi connectivity index (χ0v) is 16.8. The lowest BCUT2D eigenvalue weighted by Crippen LogP contribution is -2.12. The first kappa shape index (κ1) is 19.1. The summed E-state index contributed by atoms with van der Waals surface area (Å²) in [4.78, 5) is 28.8. The largest absolute Gasteiger partial charge is 0.450 e. The van der Waals surface area contributed by atoms with Gasteiger partial charge in [-0.2, -0.15) is 0 Å². The maximum atomic E-state index is 12.7. The molecule has 2 amide bonds. The highest BCUT2D eigenvalue weighted by molar-refractivity contribution is 9.10. The van der Waals surface area contributed by atoms with Crippen LogP contribution in [0, 0.1) is 0 Å². The molecule has 0 aliphatic rings. The number of ether oxygens (including phenoxy) is 1. The van der Waals surface area contributed by atoms with E-state index in [9.17, 15) is 9.59 Å². The van der Waals surface area contributed by atoms with Crippen molar-refractivity contribution >= 4 is 49.4 Å². The van der Waals surface area contributed by atoms with Gasteiger partial charge in [-0.25, -0.2) is 9.78 Å². The number of nitrogens with one attached hydrogen (secondary N) is 2. The molecule has 0 fully saturated rings. The Morgan fingerprint density at radius 2 is 1.78 bits per heavy atom. The van der Waals surface area contributed by atoms with Crippen LogP contribution in [0.25, 0.3) is 11.3 Å². The van der Waals surface area contributed by atoms with Crippen LogP contribution < -0.4 is 10.6 Å². The van der Waals surface area contributed by atoms with E-state index in [4.69, 9.17) is 4.74 Å². The van der Waals surface area contributed by atoms with Crippen molar-refractivity contribution in [3.8, 4) is 11.3 Å². The molecule has 0 spiro atoms. The van der Waals surface area contributed by atoms with Gasteiger partial charge in [0.2, 0.25) is 0 Å². The molecule has 2 aromatic carbocycles. The smallest absolute Gasteiger partial charge is 0.413 e. The minimum atomic E-state index is -0.588. The Bertz CT molecular complexity index is 960. The average Bonchev–Trinajstić information content (AvgIpc) is 3.05. The minimum absolute atomic E-state index is 0.258. The Hall–Kier alpha value is -2.71. The Kier molecular flexibility index (Phi) is 6.20. The number of anilines is 2. The van der Waals surface area contributed by atoms with Crippen molar-refractivity contribution in [1.82, 2.24) is 4.98 Å². The van der Waals surface area contributed by atoms with Gasteiger partial charge in [0.1, 0.15) is 10.7 Å². The molecule has 27 heavy (non-hydrogen) atoms. The molecule has 1 aromatic heterocycles. The first-order chi connectivity index (χ1) is 13.1.